The molecule has 0 aromatic heterocycles. The van der Waals surface area contributed by atoms with Crippen molar-refractivity contribution in [2.24, 2.45) is 0 Å². The summed E-state index contributed by atoms with van der Waals surface area (Å²) in [6, 6.07) is 14.9. The summed E-state index contributed by atoms with van der Waals surface area (Å²) in [7, 11) is -5.73. The maximum atomic E-state index is 12.5. The number of halogens is 3. The summed E-state index contributed by atoms with van der Waals surface area (Å²) in [5.41, 5.74) is -4.01. The summed E-state index contributed by atoms with van der Waals surface area (Å²) in [6.07, 6.45) is 0. The lowest BCUT2D eigenvalue weighted by molar-refractivity contribution is -0.0500. The van der Waals surface area contributed by atoms with Gasteiger partial charge in [-0.15, -0.1) is 0 Å². The van der Waals surface area contributed by atoms with Crippen molar-refractivity contribution in [1.82, 2.24) is 0 Å². The molecule has 1 aliphatic heterocycles. The van der Waals surface area contributed by atoms with E-state index in [0.29, 0.717) is 11.3 Å². The fourth-order valence-corrected chi connectivity index (χ4v) is 3.22. The SMILES string of the molecule is O=S(=O)(Oc1ccc2c(c1)Oc1cccc3cccc-2c13)C(F)(F)F. The quantitative estimate of drug-likeness (QED) is 0.376. The van der Waals surface area contributed by atoms with Gasteiger partial charge in [0.1, 0.15) is 17.2 Å². The predicted octanol–water partition coefficient (Wildman–Crippen LogP) is 4.84. The molecule has 0 fully saturated rings. The number of hydrogen-bond donors (Lipinski definition) is 0. The van der Waals surface area contributed by atoms with Gasteiger partial charge in [-0.3, -0.25) is 0 Å². The summed E-state index contributed by atoms with van der Waals surface area (Å²) in [5, 5.41) is 1.84. The normalized spacial score (nSPS) is 13.2. The molecule has 3 aromatic carbocycles. The third-order valence-electron chi connectivity index (χ3n) is 3.82. The maximum absolute atomic E-state index is 12.5. The zero-order chi connectivity index (χ0) is 17.8. The van der Waals surface area contributed by atoms with Crippen LogP contribution in [0.4, 0.5) is 13.2 Å². The molecule has 0 aliphatic carbocycles. The van der Waals surface area contributed by atoms with Crippen molar-refractivity contribution in [3.8, 4) is 28.4 Å². The van der Waals surface area contributed by atoms with Crippen molar-refractivity contribution in [3.63, 3.8) is 0 Å². The Morgan fingerprint density at radius 2 is 1.60 bits per heavy atom. The van der Waals surface area contributed by atoms with Crippen LogP contribution < -0.4 is 8.92 Å². The Bertz CT molecular complexity index is 1100. The summed E-state index contributed by atoms with van der Waals surface area (Å²) >= 11 is 0. The van der Waals surface area contributed by atoms with E-state index in [1.807, 2.05) is 24.3 Å². The van der Waals surface area contributed by atoms with Crippen LogP contribution in [0.25, 0.3) is 21.9 Å². The lowest BCUT2D eigenvalue weighted by Crippen LogP contribution is -2.28. The number of rotatable bonds is 2. The van der Waals surface area contributed by atoms with Crippen LogP contribution in [0.5, 0.6) is 17.2 Å². The first-order valence-electron chi connectivity index (χ1n) is 7.11. The van der Waals surface area contributed by atoms with Gasteiger partial charge in [0.25, 0.3) is 0 Å². The van der Waals surface area contributed by atoms with Gasteiger partial charge in [0.05, 0.1) is 0 Å². The molecule has 1 heterocycles. The lowest BCUT2D eigenvalue weighted by Gasteiger charge is -2.21. The van der Waals surface area contributed by atoms with E-state index < -0.39 is 21.4 Å². The highest BCUT2D eigenvalue weighted by atomic mass is 32.2. The number of benzene rings is 3. The zero-order valence-electron chi connectivity index (χ0n) is 12.4. The molecule has 0 atom stereocenters. The van der Waals surface area contributed by atoms with E-state index in [-0.39, 0.29) is 5.75 Å². The second-order valence-corrected chi connectivity index (χ2v) is 6.94. The van der Waals surface area contributed by atoms with Gasteiger partial charge in [-0.05, 0) is 29.1 Å². The van der Waals surface area contributed by atoms with Crippen LogP contribution in [0.1, 0.15) is 0 Å². The molecular formula is C17H9F3O4S. The van der Waals surface area contributed by atoms with Gasteiger partial charge in [0.2, 0.25) is 0 Å². The summed E-state index contributed by atoms with van der Waals surface area (Å²) in [4.78, 5) is 0. The standard InChI is InChI=1S/C17H9F3O4S/c18-17(19,20)25(21,22)24-11-7-8-12-13-5-1-3-10-4-2-6-14(16(10)13)23-15(12)9-11/h1-9H. The summed E-state index contributed by atoms with van der Waals surface area (Å²) in [6.45, 7) is 0. The minimum absolute atomic E-state index is 0.223. The molecule has 0 saturated heterocycles. The number of alkyl halides is 3. The van der Waals surface area contributed by atoms with Crippen LogP contribution >= 0.6 is 0 Å². The van der Waals surface area contributed by atoms with E-state index in [0.717, 1.165) is 28.5 Å². The minimum Gasteiger partial charge on any atom is -0.456 e. The van der Waals surface area contributed by atoms with Crippen molar-refractivity contribution in [1.29, 1.82) is 0 Å². The fraction of sp³-hybridized carbons (Fsp3) is 0.0588. The van der Waals surface area contributed by atoms with E-state index in [9.17, 15) is 21.6 Å². The Morgan fingerprint density at radius 3 is 2.32 bits per heavy atom. The first-order valence-corrected chi connectivity index (χ1v) is 8.52. The average molecular weight is 366 g/mol. The first-order chi connectivity index (χ1) is 11.8. The van der Waals surface area contributed by atoms with Gasteiger partial charge in [0, 0.05) is 17.0 Å². The largest absolute Gasteiger partial charge is 0.534 e. The van der Waals surface area contributed by atoms with E-state index in [1.54, 1.807) is 12.1 Å². The molecule has 3 aromatic rings. The highest BCUT2D eigenvalue weighted by Gasteiger charge is 2.48. The molecule has 8 heteroatoms. The Hall–Kier alpha value is -2.74. The molecule has 1 aliphatic rings. The van der Waals surface area contributed by atoms with Gasteiger partial charge >= 0.3 is 15.6 Å². The Kier molecular flexibility index (Phi) is 3.23. The summed E-state index contributed by atoms with van der Waals surface area (Å²) < 4.78 is 69.6. The van der Waals surface area contributed by atoms with Gasteiger partial charge in [-0.25, -0.2) is 0 Å². The van der Waals surface area contributed by atoms with Crippen molar-refractivity contribution in [2.75, 3.05) is 0 Å². The zero-order valence-corrected chi connectivity index (χ0v) is 13.2. The molecular weight excluding hydrogens is 357 g/mol. The Balaban J connectivity index is 1.82. The second-order valence-electron chi connectivity index (χ2n) is 5.40. The highest BCUT2D eigenvalue weighted by Crippen LogP contribution is 2.47. The summed E-state index contributed by atoms with van der Waals surface area (Å²) in [5.74, 6) is 0.292. The number of hydrogen-bond acceptors (Lipinski definition) is 4. The minimum atomic E-state index is -5.73. The predicted molar refractivity (Wildman–Crippen MR) is 85.1 cm³/mol. The molecule has 25 heavy (non-hydrogen) atoms. The van der Waals surface area contributed by atoms with Crippen LogP contribution in [0.3, 0.4) is 0 Å². The van der Waals surface area contributed by atoms with E-state index in [2.05, 4.69) is 4.18 Å². The van der Waals surface area contributed by atoms with Crippen LogP contribution in [-0.4, -0.2) is 13.9 Å². The van der Waals surface area contributed by atoms with E-state index in [1.165, 1.54) is 6.07 Å². The molecule has 0 bridgehead atoms. The molecule has 4 rings (SSSR count). The van der Waals surface area contributed by atoms with E-state index >= 15 is 0 Å². The third kappa shape index (κ3) is 2.49. The topological polar surface area (TPSA) is 52.6 Å². The number of fused-ring (bicyclic) bond motifs is 2. The Morgan fingerprint density at radius 1 is 0.880 bits per heavy atom. The first kappa shape index (κ1) is 15.8. The van der Waals surface area contributed by atoms with Gasteiger partial charge < -0.3 is 8.92 Å². The van der Waals surface area contributed by atoms with Crippen molar-refractivity contribution >= 4 is 20.9 Å². The molecule has 0 N–H and O–H groups in total. The third-order valence-corrected chi connectivity index (χ3v) is 4.80. The molecule has 4 nitrogen and oxygen atoms in total. The van der Waals surface area contributed by atoms with Crippen LogP contribution in [0.15, 0.2) is 54.6 Å². The van der Waals surface area contributed by atoms with Gasteiger partial charge in [-0.2, -0.15) is 21.6 Å². The van der Waals surface area contributed by atoms with Gasteiger partial charge in [0.15, 0.2) is 0 Å². The molecule has 0 saturated carbocycles. The van der Waals surface area contributed by atoms with Crippen molar-refractivity contribution in [3.05, 3.63) is 54.6 Å². The van der Waals surface area contributed by atoms with Crippen molar-refractivity contribution < 1.29 is 30.5 Å². The number of ether oxygens (including phenoxy) is 1. The molecule has 0 unspecified atom stereocenters. The van der Waals surface area contributed by atoms with Crippen LogP contribution in [-0.2, 0) is 10.1 Å². The van der Waals surface area contributed by atoms with Crippen LogP contribution in [0.2, 0.25) is 0 Å². The van der Waals surface area contributed by atoms with E-state index in [4.69, 9.17) is 4.74 Å². The molecule has 0 spiro atoms. The highest BCUT2D eigenvalue weighted by molar-refractivity contribution is 7.88. The average Bonchev–Trinajstić information content (AvgIpc) is 2.54. The monoisotopic (exact) mass is 366 g/mol. The van der Waals surface area contributed by atoms with Crippen LogP contribution in [0, 0.1) is 0 Å². The van der Waals surface area contributed by atoms with Gasteiger partial charge in [-0.1, -0.05) is 30.3 Å². The maximum Gasteiger partial charge on any atom is 0.534 e. The molecule has 128 valence electrons. The lowest BCUT2D eigenvalue weighted by atomic mass is 9.95. The fourth-order valence-electron chi connectivity index (χ4n) is 2.77. The molecule has 0 amide bonds. The Labute approximate surface area is 140 Å². The second kappa shape index (κ2) is 5.13. The smallest absolute Gasteiger partial charge is 0.456 e. The van der Waals surface area contributed by atoms with Crippen molar-refractivity contribution in [2.45, 2.75) is 5.51 Å². The molecule has 0 radical (unpaired) electrons.